The molecule has 150 valence electrons. The fraction of sp³-hybridized carbons (Fsp3) is 0.263. The highest BCUT2D eigenvalue weighted by Crippen LogP contribution is 2.43. The second-order valence-corrected chi connectivity index (χ2v) is 7.84. The zero-order valence-corrected chi connectivity index (χ0v) is 18.7. The number of anilines is 1. The molecule has 9 heteroatoms. The van der Waals surface area contributed by atoms with Crippen molar-refractivity contribution in [2.45, 2.75) is 26.2 Å². The number of carbonyl (C=O) groups is 2. The summed E-state index contributed by atoms with van der Waals surface area (Å²) in [6, 6.07) is 6.32. The van der Waals surface area contributed by atoms with Gasteiger partial charge in [0.2, 0.25) is 5.91 Å². The Balaban J connectivity index is 2.34. The molecule has 1 amide bonds. The molecule has 0 saturated heterocycles. The molecule has 0 aromatic heterocycles. The Morgan fingerprint density at radius 3 is 2.57 bits per heavy atom. The molecule has 0 saturated carbocycles. The molecule has 28 heavy (non-hydrogen) atoms. The standard InChI is InChI=1S/C19H18Cl2INO5/c1-9(8-22)12-5-11(3-4-15(12)24)28-19-13(20)6-14(10(2)18(19)21)23-16(25)7-17(26)27/h3-6,9,24H,7-8H2,1-2H3,(H,23,25)(H,26,27). The van der Waals surface area contributed by atoms with E-state index >= 15 is 0 Å². The highest BCUT2D eigenvalue weighted by atomic mass is 127. The van der Waals surface area contributed by atoms with Gasteiger partial charge < -0.3 is 20.3 Å². The molecule has 6 nitrogen and oxygen atoms in total. The van der Waals surface area contributed by atoms with Gasteiger partial charge in [0.25, 0.3) is 0 Å². The van der Waals surface area contributed by atoms with Gasteiger partial charge in [-0.2, -0.15) is 0 Å². The van der Waals surface area contributed by atoms with Crippen LogP contribution in [0.3, 0.4) is 0 Å². The number of phenols is 1. The summed E-state index contributed by atoms with van der Waals surface area (Å²) < 4.78 is 6.67. The van der Waals surface area contributed by atoms with Crippen LogP contribution in [0.25, 0.3) is 0 Å². The normalized spacial score (nSPS) is 11.8. The lowest BCUT2D eigenvalue weighted by molar-refractivity contribution is -0.139. The fourth-order valence-electron chi connectivity index (χ4n) is 2.44. The number of carboxylic acids is 1. The maximum atomic E-state index is 11.7. The SMILES string of the molecule is Cc1c(NC(=O)CC(=O)O)cc(Cl)c(Oc2ccc(O)c(C(C)CI)c2)c1Cl. The number of amides is 1. The molecule has 0 aliphatic heterocycles. The van der Waals surface area contributed by atoms with Crippen LogP contribution in [-0.4, -0.2) is 26.5 Å². The number of benzene rings is 2. The van der Waals surface area contributed by atoms with Crippen LogP contribution in [0.4, 0.5) is 5.69 Å². The number of ether oxygens (including phenoxy) is 1. The minimum Gasteiger partial charge on any atom is -0.508 e. The van der Waals surface area contributed by atoms with E-state index < -0.39 is 18.3 Å². The number of carboxylic acid groups (broad SMARTS) is 1. The summed E-state index contributed by atoms with van der Waals surface area (Å²) in [5.74, 6) is -0.959. The minimum atomic E-state index is -1.24. The van der Waals surface area contributed by atoms with Crippen LogP contribution in [0, 0.1) is 6.92 Å². The van der Waals surface area contributed by atoms with E-state index in [1.165, 1.54) is 6.07 Å². The highest BCUT2D eigenvalue weighted by molar-refractivity contribution is 14.1. The van der Waals surface area contributed by atoms with Crippen molar-refractivity contribution in [3.05, 3.63) is 45.4 Å². The van der Waals surface area contributed by atoms with E-state index in [-0.39, 0.29) is 27.5 Å². The summed E-state index contributed by atoms with van der Waals surface area (Å²) in [6.45, 7) is 3.65. The number of carbonyl (C=O) groups excluding carboxylic acids is 1. The first-order chi connectivity index (χ1) is 13.1. The Hall–Kier alpha value is -1.71. The number of alkyl halides is 1. The monoisotopic (exact) mass is 537 g/mol. The van der Waals surface area contributed by atoms with Gasteiger partial charge in [-0.25, -0.2) is 0 Å². The number of hydrogen-bond donors (Lipinski definition) is 3. The first kappa shape index (κ1) is 22.6. The van der Waals surface area contributed by atoms with Crippen LogP contribution in [0.5, 0.6) is 17.2 Å². The van der Waals surface area contributed by atoms with Crippen molar-refractivity contribution in [3.8, 4) is 17.2 Å². The van der Waals surface area contributed by atoms with E-state index in [9.17, 15) is 14.7 Å². The maximum Gasteiger partial charge on any atom is 0.312 e. The third-order valence-electron chi connectivity index (χ3n) is 3.99. The largest absolute Gasteiger partial charge is 0.508 e. The lowest BCUT2D eigenvalue weighted by Gasteiger charge is -2.17. The Bertz CT molecular complexity index is 920. The highest BCUT2D eigenvalue weighted by Gasteiger charge is 2.19. The van der Waals surface area contributed by atoms with Crippen molar-refractivity contribution in [1.29, 1.82) is 0 Å². The molecule has 0 aliphatic carbocycles. The van der Waals surface area contributed by atoms with Gasteiger partial charge in [0.05, 0.1) is 10.0 Å². The lowest BCUT2D eigenvalue weighted by atomic mass is 10.0. The van der Waals surface area contributed by atoms with Crippen LogP contribution in [0.1, 0.15) is 30.4 Å². The summed E-state index contributed by atoms with van der Waals surface area (Å²) in [7, 11) is 0. The van der Waals surface area contributed by atoms with Crippen molar-refractivity contribution in [3.63, 3.8) is 0 Å². The number of aliphatic carboxylic acids is 1. The van der Waals surface area contributed by atoms with Crippen molar-refractivity contribution in [1.82, 2.24) is 0 Å². The van der Waals surface area contributed by atoms with Gasteiger partial charge in [0.15, 0.2) is 5.75 Å². The maximum absolute atomic E-state index is 11.7. The van der Waals surface area contributed by atoms with Crippen LogP contribution >= 0.6 is 45.8 Å². The van der Waals surface area contributed by atoms with Crippen LogP contribution in [-0.2, 0) is 9.59 Å². The average Bonchev–Trinajstić information content (AvgIpc) is 2.63. The van der Waals surface area contributed by atoms with Gasteiger partial charge in [-0.15, -0.1) is 0 Å². The Morgan fingerprint density at radius 1 is 1.29 bits per heavy atom. The summed E-state index contributed by atoms with van der Waals surface area (Å²) in [4.78, 5) is 22.3. The van der Waals surface area contributed by atoms with E-state index in [1.807, 2.05) is 6.92 Å². The molecule has 2 aromatic rings. The molecule has 0 bridgehead atoms. The van der Waals surface area contributed by atoms with Gasteiger partial charge in [0, 0.05) is 15.7 Å². The van der Waals surface area contributed by atoms with Crippen molar-refractivity contribution in [2.24, 2.45) is 0 Å². The number of phenolic OH excluding ortho intramolecular Hbond substituents is 1. The van der Waals surface area contributed by atoms with Crippen molar-refractivity contribution >= 4 is 63.4 Å². The summed E-state index contributed by atoms with van der Waals surface area (Å²) >= 11 is 14.9. The number of aromatic hydroxyl groups is 1. The molecule has 0 fully saturated rings. The molecule has 0 radical (unpaired) electrons. The van der Waals surface area contributed by atoms with Gasteiger partial charge in [0.1, 0.15) is 17.9 Å². The molecule has 0 spiro atoms. The quantitative estimate of drug-likeness (QED) is 0.237. The molecule has 1 atom stereocenters. The topological polar surface area (TPSA) is 95.9 Å². The second kappa shape index (κ2) is 9.67. The van der Waals surface area contributed by atoms with Gasteiger partial charge in [-0.3, -0.25) is 9.59 Å². The zero-order chi connectivity index (χ0) is 21.0. The number of halogens is 3. The minimum absolute atomic E-state index is 0.128. The van der Waals surface area contributed by atoms with Gasteiger partial charge >= 0.3 is 5.97 Å². The van der Waals surface area contributed by atoms with Crippen molar-refractivity contribution in [2.75, 3.05) is 9.74 Å². The number of hydrogen-bond acceptors (Lipinski definition) is 4. The van der Waals surface area contributed by atoms with E-state index in [0.29, 0.717) is 17.0 Å². The van der Waals surface area contributed by atoms with Gasteiger partial charge in [-0.05, 0) is 42.7 Å². The summed E-state index contributed by atoms with van der Waals surface area (Å²) in [6.07, 6.45) is -0.668. The third-order valence-corrected chi connectivity index (χ3v) is 6.04. The molecular weight excluding hydrogens is 520 g/mol. The summed E-state index contributed by atoms with van der Waals surface area (Å²) in [5, 5.41) is 21.6. The fourth-order valence-corrected chi connectivity index (χ4v) is 3.45. The first-order valence-corrected chi connectivity index (χ1v) is 10.5. The average molecular weight is 538 g/mol. The van der Waals surface area contributed by atoms with Crippen LogP contribution in [0.2, 0.25) is 10.0 Å². The van der Waals surface area contributed by atoms with E-state index in [0.717, 1.165) is 9.99 Å². The van der Waals surface area contributed by atoms with Gasteiger partial charge in [-0.1, -0.05) is 52.7 Å². The van der Waals surface area contributed by atoms with E-state index in [4.69, 9.17) is 33.0 Å². The molecule has 1 unspecified atom stereocenters. The van der Waals surface area contributed by atoms with Crippen molar-refractivity contribution < 1.29 is 24.5 Å². The molecule has 2 aromatic carbocycles. The first-order valence-electron chi connectivity index (χ1n) is 8.21. The Labute approximate surface area is 185 Å². The number of rotatable bonds is 7. The zero-order valence-electron chi connectivity index (χ0n) is 15.1. The Kier molecular flexibility index (Phi) is 7.79. The predicted octanol–water partition coefficient (Wildman–Crippen LogP) is 5.75. The molecule has 0 aliphatic rings. The van der Waals surface area contributed by atoms with Crippen LogP contribution in [0.15, 0.2) is 24.3 Å². The molecule has 0 heterocycles. The number of nitrogens with one attached hydrogen (secondary N) is 1. The predicted molar refractivity (Wildman–Crippen MR) is 118 cm³/mol. The smallest absolute Gasteiger partial charge is 0.312 e. The molecular formula is C19H18Cl2INO5. The molecule has 2 rings (SSSR count). The summed E-state index contributed by atoms with van der Waals surface area (Å²) in [5.41, 5.74) is 1.53. The van der Waals surface area contributed by atoms with E-state index in [2.05, 4.69) is 27.9 Å². The third kappa shape index (κ3) is 5.42. The van der Waals surface area contributed by atoms with E-state index in [1.54, 1.807) is 25.1 Å². The second-order valence-electron chi connectivity index (χ2n) is 6.17. The Morgan fingerprint density at radius 2 is 1.96 bits per heavy atom. The van der Waals surface area contributed by atoms with Crippen LogP contribution < -0.4 is 10.1 Å². The lowest BCUT2D eigenvalue weighted by Crippen LogP contribution is -2.16. The molecule has 3 N–H and O–H groups in total.